The van der Waals surface area contributed by atoms with E-state index in [1.165, 1.54) is 0 Å². The van der Waals surface area contributed by atoms with Crippen LogP contribution in [0.1, 0.15) is 29.2 Å². The highest BCUT2D eigenvalue weighted by molar-refractivity contribution is 6.30. The number of carbonyl (C=O) groups excluding carboxylic acids is 2. The van der Waals surface area contributed by atoms with Crippen molar-refractivity contribution in [3.05, 3.63) is 70.2 Å². The monoisotopic (exact) mass is 357 g/mol. The van der Waals surface area contributed by atoms with Crippen LogP contribution >= 0.6 is 11.6 Å². The molecule has 1 atom stereocenters. The van der Waals surface area contributed by atoms with Crippen LogP contribution in [-0.2, 0) is 16.1 Å². The van der Waals surface area contributed by atoms with Gasteiger partial charge in [0.15, 0.2) is 0 Å². The molecule has 2 amide bonds. The number of carbonyl (C=O) groups is 2. The van der Waals surface area contributed by atoms with Gasteiger partial charge in [-0.1, -0.05) is 41.9 Å². The molecule has 25 heavy (non-hydrogen) atoms. The molecule has 0 fully saturated rings. The summed E-state index contributed by atoms with van der Waals surface area (Å²) in [5, 5.41) is 12.1. The Bertz CT molecular complexity index is 800. The number of urea groups is 1. The smallest absolute Gasteiger partial charge is 0.312 e. The lowest BCUT2D eigenvalue weighted by atomic mass is 10.0. The fourth-order valence-electron chi connectivity index (χ4n) is 2.26. The van der Waals surface area contributed by atoms with Gasteiger partial charge in [0, 0.05) is 10.6 Å². The standard InChI is InChI=1S/C18H16ClN3O3/c19-15-7-5-12(6-8-15)16(22-18(21)24)9-17(23)25-11-14-4-2-1-3-13(14)10-20/h1-8,16H,9,11H2,(H3,21,22,24)/t16-/m1/s1. The first-order chi connectivity index (χ1) is 12.0. The molecule has 0 aliphatic carbocycles. The minimum absolute atomic E-state index is 0.0214. The van der Waals surface area contributed by atoms with Gasteiger partial charge in [-0.05, 0) is 23.8 Å². The molecule has 2 aromatic rings. The van der Waals surface area contributed by atoms with E-state index in [0.717, 1.165) is 0 Å². The molecule has 0 unspecified atom stereocenters. The molecule has 2 aromatic carbocycles. The maximum absolute atomic E-state index is 12.1. The summed E-state index contributed by atoms with van der Waals surface area (Å²) in [4.78, 5) is 23.3. The van der Waals surface area contributed by atoms with Crippen molar-refractivity contribution in [1.29, 1.82) is 5.26 Å². The average molecular weight is 358 g/mol. The topological polar surface area (TPSA) is 105 Å². The number of esters is 1. The van der Waals surface area contributed by atoms with Gasteiger partial charge in [-0.25, -0.2) is 4.79 Å². The highest BCUT2D eigenvalue weighted by Gasteiger charge is 2.19. The van der Waals surface area contributed by atoms with Gasteiger partial charge in [0.2, 0.25) is 0 Å². The number of nitrogens with one attached hydrogen (secondary N) is 1. The maximum atomic E-state index is 12.1. The summed E-state index contributed by atoms with van der Waals surface area (Å²) in [6.07, 6.45) is -0.0979. The van der Waals surface area contributed by atoms with E-state index in [1.807, 2.05) is 6.07 Å². The van der Waals surface area contributed by atoms with Gasteiger partial charge in [-0.15, -0.1) is 0 Å². The third-order valence-corrected chi connectivity index (χ3v) is 3.74. The largest absolute Gasteiger partial charge is 0.461 e. The van der Waals surface area contributed by atoms with Gasteiger partial charge in [-0.2, -0.15) is 5.26 Å². The van der Waals surface area contributed by atoms with Gasteiger partial charge >= 0.3 is 12.0 Å². The molecule has 0 aliphatic heterocycles. The van der Waals surface area contributed by atoms with E-state index in [4.69, 9.17) is 27.3 Å². The summed E-state index contributed by atoms with van der Waals surface area (Å²) in [5.41, 5.74) is 6.91. The summed E-state index contributed by atoms with van der Waals surface area (Å²) < 4.78 is 5.22. The third kappa shape index (κ3) is 5.52. The van der Waals surface area contributed by atoms with Crippen molar-refractivity contribution in [3.63, 3.8) is 0 Å². The van der Waals surface area contributed by atoms with Gasteiger partial charge in [0.05, 0.1) is 24.1 Å². The van der Waals surface area contributed by atoms with Crippen molar-refractivity contribution in [2.24, 2.45) is 5.73 Å². The molecule has 0 radical (unpaired) electrons. The van der Waals surface area contributed by atoms with E-state index < -0.39 is 18.0 Å². The van der Waals surface area contributed by atoms with Crippen LogP contribution in [0.15, 0.2) is 48.5 Å². The van der Waals surface area contributed by atoms with Crippen molar-refractivity contribution < 1.29 is 14.3 Å². The van der Waals surface area contributed by atoms with E-state index in [9.17, 15) is 9.59 Å². The van der Waals surface area contributed by atoms with E-state index in [1.54, 1.807) is 48.5 Å². The van der Waals surface area contributed by atoms with E-state index in [-0.39, 0.29) is 13.0 Å². The number of nitrogens with two attached hydrogens (primary N) is 1. The number of amides is 2. The molecule has 0 spiro atoms. The van der Waals surface area contributed by atoms with Crippen molar-refractivity contribution in [1.82, 2.24) is 5.32 Å². The lowest BCUT2D eigenvalue weighted by molar-refractivity contribution is -0.145. The maximum Gasteiger partial charge on any atom is 0.312 e. The van der Waals surface area contributed by atoms with Crippen LogP contribution in [0.2, 0.25) is 5.02 Å². The first kappa shape index (κ1) is 18.3. The SMILES string of the molecule is N#Cc1ccccc1COC(=O)C[C@@H](NC(N)=O)c1ccc(Cl)cc1. The molecule has 3 N–H and O–H groups in total. The number of primary amides is 1. The molecule has 0 aromatic heterocycles. The van der Waals surface area contributed by atoms with E-state index in [0.29, 0.717) is 21.7 Å². The van der Waals surface area contributed by atoms with Crippen LogP contribution in [0.5, 0.6) is 0 Å². The highest BCUT2D eigenvalue weighted by atomic mass is 35.5. The van der Waals surface area contributed by atoms with E-state index in [2.05, 4.69) is 5.32 Å². The zero-order valence-electron chi connectivity index (χ0n) is 13.2. The van der Waals surface area contributed by atoms with Crippen LogP contribution in [-0.4, -0.2) is 12.0 Å². The number of hydrogen-bond donors (Lipinski definition) is 2. The minimum Gasteiger partial charge on any atom is -0.461 e. The number of nitriles is 1. The second-order valence-electron chi connectivity index (χ2n) is 5.25. The molecular weight excluding hydrogens is 342 g/mol. The summed E-state index contributed by atoms with van der Waals surface area (Å²) in [6, 6.07) is 14.2. The molecule has 0 heterocycles. The Labute approximate surface area is 150 Å². The molecule has 128 valence electrons. The lowest BCUT2D eigenvalue weighted by Gasteiger charge is -2.17. The molecule has 7 heteroatoms. The first-order valence-corrected chi connectivity index (χ1v) is 7.82. The third-order valence-electron chi connectivity index (χ3n) is 3.49. The summed E-state index contributed by atoms with van der Waals surface area (Å²) in [6.45, 7) is -0.0214. The van der Waals surface area contributed by atoms with Gasteiger partial charge in [0.25, 0.3) is 0 Å². The first-order valence-electron chi connectivity index (χ1n) is 7.44. The highest BCUT2D eigenvalue weighted by Crippen LogP contribution is 2.20. The fourth-order valence-corrected chi connectivity index (χ4v) is 2.38. The zero-order valence-corrected chi connectivity index (χ0v) is 14.0. The predicted molar refractivity (Wildman–Crippen MR) is 92.5 cm³/mol. The van der Waals surface area contributed by atoms with Crippen LogP contribution in [0.25, 0.3) is 0 Å². The molecule has 0 bridgehead atoms. The molecular formula is C18H16ClN3O3. The molecule has 0 saturated carbocycles. The lowest BCUT2D eigenvalue weighted by Crippen LogP contribution is -2.34. The van der Waals surface area contributed by atoms with E-state index >= 15 is 0 Å². The van der Waals surface area contributed by atoms with Gasteiger partial charge in [0.1, 0.15) is 6.61 Å². The minimum atomic E-state index is -0.748. The number of halogens is 1. The Morgan fingerprint density at radius 1 is 1.20 bits per heavy atom. The molecule has 0 aliphatic rings. The molecule has 2 rings (SSSR count). The quantitative estimate of drug-likeness (QED) is 0.775. The Hall–Kier alpha value is -3.04. The normalized spacial score (nSPS) is 11.2. The van der Waals surface area contributed by atoms with Crippen molar-refractivity contribution in [2.75, 3.05) is 0 Å². The van der Waals surface area contributed by atoms with Gasteiger partial charge in [-0.3, -0.25) is 4.79 Å². The number of ether oxygens (including phenoxy) is 1. The fraction of sp³-hybridized carbons (Fsp3) is 0.167. The number of rotatable bonds is 6. The Kier molecular flexibility index (Phi) is 6.38. The van der Waals surface area contributed by atoms with Crippen LogP contribution in [0.4, 0.5) is 4.79 Å². The van der Waals surface area contributed by atoms with Crippen molar-refractivity contribution >= 4 is 23.6 Å². The average Bonchev–Trinajstić information content (AvgIpc) is 2.60. The molecule has 0 saturated heterocycles. The second kappa shape index (κ2) is 8.71. The summed E-state index contributed by atoms with van der Waals surface area (Å²) in [7, 11) is 0. The van der Waals surface area contributed by atoms with Crippen molar-refractivity contribution in [3.8, 4) is 6.07 Å². The van der Waals surface area contributed by atoms with Crippen LogP contribution in [0, 0.1) is 11.3 Å². The Morgan fingerprint density at radius 2 is 1.88 bits per heavy atom. The number of benzene rings is 2. The second-order valence-corrected chi connectivity index (χ2v) is 5.68. The van der Waals surface area contributed by atoms with Gasteiger partial charge < -0.3 is 15.8 Å². The Morgan fingerprint density at radius 3 is 2.52 bits per heavy atom. The predicted octanol–water partition coefficient (Wildman–Crippen LogP) is 3.05. The zero-order chi connectivity index (χ0) is 18.2. The number of hydrogen-bond acceptors (Lipinski definition) is 4. The number of nitrogens with zero attached hydrogens (tertiary/aromatic N) is 1. The van der Waals surface area contributed by atoms with Crippen molar-refractivity contribution in [2.45, 2.75) is 19.1 Å². The summed E-state index contributed by atoms with van der Waals surface area (Å²) >= 11 is 5.84. The summed E-state index contributed by atoms with van der Waals surface area (Å²) in [5.74, 6) is -0.526. The van der Waals surface area contributed by atoms with Crippen LogP contribution < -0.4 is 11.1 Å². The molecule has 6 nitrogen and oxygen atoms in total. The Balaban J connectivity index is 2.03. The van der Waals surface area contributed by atoms with Crippen LogP contribution in [0.3, 0.4) is 0 Å².